The highest BCUT2D eigenvalue weighted by atomic mass is 32.1. The molecule has 9 heteroatoms. The van der Waals surface area contributed by atoms with Gasteiger partial charge in [0.2, 0.25) is 0 Å². The Bertz CT molecular complexity index is 1280. The van der Waals surface area contributed by atoms with Crippen molar-refractivity contribution >= 4 is 29.0 Å². The molecule has 39 heavy (non-hydrogen) atoms. The maximum absolute atomic E-state index is 12.0. The van der Waals surface area contributed by atoms with Gasteiger partial charge >= 0.3 is 5.97 Å². The summed E-state index contributed by atoms with van der Waals surface area (Å²) in [4.78, 5) is 14.1. The van der Waals surface area contributed by atoms with E-state index in [1.807, 2.05) is 43.3 Å². The minimum Gasteiger partial charge on any atom is -0.494 e. The molecule has 0 radical (unpaired) electrons. The van der Waals surface area contributed by atoms with E-state index in [0.717, 1.165) is 29.0 Å². The minimum atomic E-state index is -0.358. The van der Waals surface area contributed by atoms with Crippen molar-refractivity contribution in [3.8, 4) is 23.0 Å². The molecule has 0 unspecified atom stereocenters. The summed E-state index contributed by atoms with van der Waals surface area (Å²) >= 11 is 5.88. The number of methoxy groups -OCH3 is 2. The first kappa shape index (κ1) is 28.0. The van der Waals surface area contributed by atoms with E-state index in [9.17, 15) is 4.79 Å². The van der Waals surface area contributed by atoms with Crippen LogP contribution in [0.1, 0.15) is 41.4 Å². The fourth-order valence-electron chi connectivity index (χ4n) is 4.52. The van der Waals surface area contributed by atoms with E-state index >= 15 is 0 Å². The van der Waals surface area contributed by atoms with Gasteiger partial charge in [-0.25, -0.2) is 4.79 Å². The van der Waals surface area contributed by atoms with Crippen molar-refractivity contribution in [2.45, 2.75) is 26.3 Å². The zero-order valence-corrected chi connectivity index (χ0v) is 23.5. The molecule has 3 aromatic rings. The van der Waals surface area contributed by atoms with Gasteiger partial charge in [-0.1, -0.05) is 0 Å². The van der Waals surface area contributed by atoms with Gasteiger partial charge in [0.25, 0.3) is 0 Å². The van der Waals surface area contributed by atoms with E-state index in [-0.39, 0.29) is 12.0 Å². The van der Waals surface area contributed by atoms with Crippen LogP contribution >= 0.6 is 12.2 Å². The number of nitrogens with zero attached hydrogens (tertiary/aromatic N) is 1. The molecule has 0 fully saturated rings. The number of rotatable bonds is 10. The molecule has 4 rings (SSSR count). The lowest BCUT2D eigenvalue weighted by Crippen LogP contribution is -2.44. The van der Waals surface area contributed by atoms with Crippen LogP contribution in [0.2, 0.25) is 0 Å². The highest BCUT2D eigenvalue weighted by Gasteiger charge is 2.31. The Labute approximate surface area is 234 Å². The maximum atomic E-state index is 12.0. The number of benzene rings is 3. The number of nitrogens with one attached hydrogen (secondary N) is 1. The van der Waals surface area contributed by atoms with Gasteiger partial charge in [0, 0.05) is 12.2 Å². The van der Waals surface area contributed by atoms with Gasteiger partial charge in [0.1, 0.15) is 18.1 Å². The predicted molar refractivity (Wildman–Crippen MR) is 154 cm³/mol. The fourth-order valence-corrected chi connectivity index (χ4v) is 4.86. The lowest BCUT2D eigenvalue weighted by Gasteiger charge is -2.39. The summed E-state index contributed by atoms with van der Waals surface area (Å²) < 4.78 is 28.0. The quantitative estimate of drug-likeness (QED) is 0.254. The molecular formula is C30H34N2O6S. The van der Waals surface area contributed by atoms with Gasteiger partial charge in [0.15, 0.2) is 16.6 Å². The molecular weight excluding hydrogens is 516 g/mol. The molecule has 1 aliphatic heterocycles. The third kappa shape index (κ3) is 6.72. The number of thiocarbonyl (C=S) groups is 1. The van der Waals surface area contributed by atoms with Crippen molar-refractivity contribution in [3.05, 3.63) is 77.4 Å². The van der Waals surface area contributed by atoms with Gasteiger partial charge in [-0.15, -0.1) is 0 Å². The van der Waals surface area contributed by atoms with E-state index in [0.29, 0.717) is 54.3 Å². The average molecular weight is 551 g/mol. The zero-order valence-electron chi connectivity index (χ0n) is 22.7. The molecule has 1 atom stereocenters. The Balaban J connectivity index is 1.57. The Morgan fingerprint density at radius 1 is 0.923 bits per heavy atom. The summed E-state index contributed by atoms with van der Waals surface area (Å²) in [5, 5.41) is 3.95. The molecule has 0 saturated carbocycles. The molecule has 3 aromatic carbocycles. The lowest BCUT2D eigenvalue weighted by molar-refractivity contribution is 0.0526. The normalized spacial score (nSPS) is 14.2. The molecule has 206 valence electrons. The standard InChI is InChI=1S/C30H34N2O6S/c1-5-36-23-13-9-22(10-14-23)31-30(39)32-16-15-21-17-27(34-3)28(35-4)18-25(21)26(32)19-38-24-11-7-20(8-12-24)29(33)37-6-2/h7-14,17-18,26H,5-6,15-16,19H2,1-4H3,(H,31,39)/t26-/m1/s1. The zero-order chi connectivity index (χ0) is 27.8. The Morgan fingerprint density at radius 3 is 2.21 bits per heavy atom. The van der Waals surface area contributed by atoms with E-state index in [1.54, 1.807) is 45.4 Å². The fraction of sp³-hybridized carbons (Fsp3) is 0.333. The SMILES string of the molecule is CCOC(=O)c1ccc(OC[C@@H]2c3cc(OC)c(OC)cc3CCN2C(=S)Nc2ccc(OCC)cc2)cc1. The molecule has 8 nitrogen and oxygen atoms in total. The summed E-state index contributed by atoms with van der Waals surface area (Å²) in [6.45, 7) is 5.69. The van der Waals surface area contributed by atoms with Gasteiger partial charge < -0.3 is 33.9 Å². The molecule has 1 aliphatic rings. The number of hydrogen-bond acceptors (Lipinski definition) is 7. The first-order valence-electron chi connectivity index (χ1n) is 12.9. The number of fused-ring (bicyclic) bond motifs is 1. The van der Waals surface area contributed by atoms with Crippen LogP contribution in [0.4, 0.5) is 5.69 Å². The number of esters is 1. The molecule has 0 aliphatic carbocycles. The number of carbonyl (C=O) groups excluding carboxylic acids is 1. The topological polar surface area (TPSA) is 78.5 Å². The van der Waals surface area contributed by atoms with E-state index in [2.05, 4.69) is 10.2 Å². The Kier molecular flexibility index (Phi) is 9.49. The van der Waals surface area contributed by atoms with Crippen LogP contribution in [0.15, 0.2) is 60.7 Å². The molecule has 1 heterocycles. The number of anilines is 1. The van der Waals surface area contributed by atoms with Crippen LogP contribution in [0, 0.1) is 0 Å². The van der Waals surface area contributed by atoms with E-state index in [4.69, 9.17) is 35.9 Å². The van der Waals surface area contributed by atoms with E-state index < -0.39 is 0 Å². The summed E-state index contributed by atoms with van der Waals surface area (Å²) in [5.41, 5.74) is 3.55. The van der Waals surface area contributed by atoms with Crippen LogP contribution < -0.4 is 24.3 Å². The average Bonchev–Trinajstić information content (AvgIpc) is 2.96. The van der Waals surface area contributed by atoms with Gasteiger partial charge in [0.05, 0.1) is 39.0 Å². The monoisotopic (exact) mass is 550 g/mol. The van der Waals surface area contributed by atoms with Gasteiger partial charge in [-0.05, 0) is 104 Å². The summed E-state index contributed by atoms with van der Waals surface area (Å²) in [5.74, 6) is 2.42. The predicted octanol–water partition coefficient (Wildman–Crippen LogP) is 5.65. The van der Waals surface area contributed by atoms with Crippen molar-refractivity contribution in [2.24, 2.45) is 0 Å². The van der Waals surface area contributed by atoms with Crippen LogP contribution in [-0.2, 0) is 11.2 Å². The smallest absolute Gasteiger partial charge is 0.338 e. The van der Waals surface area contributed by atoms with Crippen molar-refractivity contribution in [3.63, 3.8) is 0 Å². The second-order valence-electron chi connectivity index (χ2n) is 8.81. The number of ether oxygens (including phenoxy) is 5. The largest absolute Gasteiger partial charge is 0.494 e. The minimum absolute atomic E-state index is 0.194. The summed E-state index contributed by atoms with van der Waals surface area (Å²) in [6.07, 6.45) is 0.783. The highest BCUT2D eigenvalue weighted by Crippen LogP contribution is 2.38. The molecule has 0 amide bonds. The Morgan fingerprint density at radius 2 is 1.56 bits per heavy atom. The third-order valence-electron chi connectivity index (χ3n) is 6.45. The first-order chi connectivity index (χ1) is 19.0. The second-order valence-corrected chi connectivity index (χ2v) is 9.20. The van der Waals surface area contributed by atoms with Crippen LogP contribution in [0.5, 0.6) is 23.0 Å². The van der Waals surface area contributed by atoms with Gasteiger partial charge in [-0.3, -0.25) is 0 Å². The molecule has 0 bridgehead atoms. The number of carbonyl (C=O) groups is 1. The van der Waals surface area contributed by atoms with Crippen LogP contribution in [-0.4, -0.2) is 56.6 Å². The summed E-state index contributed by atoms with van der Waals surface area (Å²) in [6, 6.07) is 18.5. The molecule has 1 N–H and O–H groups in total. The summed E-state index contributed by atoms with van der Waals surface area (Å²) in [7, 11) is 3.26. The van der Waals surface area contributed by atoms with Crippen LogP contribution in [0.3, 0.4) is 0 Å². The van der Waals surface area contributed by atoms with Gasteiger partial charge in [-0.2, -0.15) is 0 Å². The van der Waals surface area contributed by atoms with E-state index in [1.165, 1.54) is 0 Å². The molecule has 0 aromatic heterocycles. The van der Waals surface area contributed by atoms with Crippen molar-refractivity contribution < 1.29 is 28.5 Å². The Hall–Kier alpha value is -3.98. The van der Waals surface area contributed by atoms with Crippen LogP contribution in [0.25, 0.3) is 0 Å². The number of hydrogen-bond donors (Lipinski definition) is 1. The van der Waals surface area contributed by atoms with Crippen molar-refractivity contribution in [1.29, 1.82) is 0 Å². The maximum Gasteiger partial charge on any atom is 0.338 e. The second kappa shape index (κ2) is 13.2. The molecule has 0 spiro atoms. The van der Waals surface area contributed by atoms with Crippen molar-refractivity contribution in [1.82, 2.24) is 4.90 Å². The van der Waals surface area contributed by atoms with Crippen molar-refractivity contribution in [2.75, 3.05) is 45.9 Å². The lowest BCUT2D eigenvalue weighted by atomic mass is 9.92. The highest BCUT2D eigenvalue weighted by molar-refractivity contribution is 7.80. The third-order valence-corrected chi connectivity index (χ3v) is 6.79. The first-order valence-corrected chi connectivity index (χ1v) is 13.3. The molecule has 0 saturated heterocycles.